The van der Waals surface area contributed by atoms with Crippen LogP contribution in [-0.2, 0) is 14.8 Å². The van der Waals surface area contributed by atoms with Crippen LogP contribution in [0.2, 0.25) is 0 Å². The van der Waals surface area contributed by atoms with Crippen LogP contribution >= 0.6 is 0 Å². The molecule has 0 atom stereocenters. The summed E-state index contributed by atoms with van der Waals surface area (Å²) in [6, 6.07) is 11.0. The van der Waals surface area contributed by atoms with Gasteiger partial charge in [-0.3, -0.25) is 9.59 Å². The van der Waals surface area contributed by atoms with E-state index >= 15 is 0 Å². The van der Waals surface area contributed by atoms with Gasteiger partial charge >= 0.3 is 0 Å². The van der Waals surface area contributed by atoms with Gasteiger partial charge < -0.3 is 0 Å². The zero-order valence-electron chi connectivity index (χ0n) is 13.0. The van der Waals surface area contributed by atoms with Crippen LogP contribution in [0.1, 0.15) is 22.3 Å². The molecule has 0 N–H and O–H groups in total. The van der Waals surface area contributed by atoms with Crippen molar-refractivity contribution >= 4 is 22.2 Å². The van der Waals surface area contributed by atoms with Crippen molar-refractivity contribution in [1.82, 2.24) is 4.31 Å². The number of sulfonamides is 1. The minimum Gasteiger partial charge on any atom is -0.294 e. The standard InChI is InChI=1S/C17H16FNO4S/c1-13-2-8-16(9-3-13)24(22,23)19(12-20)11-10-17(21)14-4-6-15(18)7-5-14/h2-9,12H,10-11H2,1H3. The summed E-state index contributed by atoms with van der Waals surface area (Å²) in [5, 5.41) is 0. The third-order valence-corrected chi connectivity index (χ3v) is 5.22. The average molecular weight is 349 g/mol. The molecule has 0 heterocycles. The van der Waals surface area contributed by atoms with Gasteiger partial charge in [-0.25, -0.2) is 17.1 Å². The van der Waals surface area contributed by atoms with E-state index in [0.29, 0.717) is 4.31 Å². The highest BCUT2D eigenvalue weighted by Crippen LogP contribution is 2.16. The fourth-order valence-corrected chi connectivity index (χ4v) is 3.26. The Hall–Kier alpha value is -2.54. The van der Waals surface area contributed by atoms with E-state index in [1.807, 2.05) is 6.92 Å². The normalized spacial score (nSPS) is 11.1. The summed E-state index contributed by atoms with van der Waals surface area (Å²) in [7, 11) is -4.00. The molecule has 2 aromatic rings. The Morgan fingerprint density at radius 3 is 2.21 bits per heavy atom. The van der Waals surface area contributed by atoms with Crippen LogP contribution in [0.25, 0.3) is 0 Å². The molecule has 0 fully saturated rings. The number of amides is 1. The second-order valence-corrected chi connectivity index (χ2v) is 7.10. The second kappa shape index (κ2) is 7.35. The molecule has 1 amide bonds. The molecule has 0 aliphatic carbocycles. The van der Waals surface area contributed by atoms with Crippen molar-refractivity contribution in [2.24, 2.45) is 0 Å². The zero-order chi connectivity index (χ0) is 17.7. The summed E-state index contributed by atoms with van der Waals surface area (Å²) >= 11 is 0. The Bertz CT molecular complexity index is 830. The molecule has 0 spiro atoms. The molecule has 0 radical (unpaired) electrons. The van der Waals surface area contributed by atoms with E-state index in [2.05, 4.69) is 0 Å². The number of ketones is 1. The molecule has 126 valence electrons. The number of carbonyl (C=O) groups excluding carboxylic acids is 2. The fourth-order valence-electron chi connectivity index (χ4n) is 2.07. The van der Waals surface area contributed by atoms with Crippen molar-refractivity contribution in [3.8, 4) is 0 Å². The predicted molar refractivity (Wildman–Crippen MR) is 86.5 cm³/mol. The number of hydrogen-bond acceptors (Lipinski definition) is 4. The molecule has 0 aliphatic rings. The van der Waals surface area contributed by atoms with E-state index < -0.39 is 15.8 Å². The van der Waals surface area contributed by atoms with E-state index in [9.17, 15) is 22.4 Å². The Morgan fingerprint density at radius 1 is 1.08 bits per heavy atom. The van der Waals surface area contributed by atoms with E-state index in [4.69, 9.17) is 0 Å². The first-order valence-corrected chi connectivity index (χ1v) is 8.61. The van der Waals surface area contributed by atoms with Crippen molar-refractivity contribution < 1.29 is 22.4 Å². The lowest BCUT2D eigenvalue weighted by atomic mass is 10.1. The number of Topliss-reactive ketones (excluding diaryl/α,β-unsaturated/α-hetero) is 1. The summed E-state index contributed by atoms with van der Waals surface area (Å²) in [4.78, 5) is 23.2. The Kier molecular flexibility index (Phi) is 5.46. The molecule has 0 saturated heterocycles. The van der Waals surface area contributed by atoms with Crippen LogP contribution in [0.4, 0.5) is 4.39 Å². The minimum absolute atomic E-state index is 0.0190. The molecule has 24 heavy (non-hydrogen) atoms. The van der Waals surface area contributed by atoms with Gasteiger partial charge in [-0.05, 0) is 43.3 Å². The molecule has 2 aromatic carbocycles. The van der Waals surface area contributed by atoms with Gasteiger partial charge in [0.05, 0.1) is 4.90 Å². The SMILES string of the molecule is Cc1ccc(S(=O)(=O)N(C=O)CCC(=O)c2ccc(F)cc2)cc1. The zero-order valence-corrected chi connectivity index (χ0v) is 13.8. The van der Waals surface area contributed by atoms with Gasteiger partial charge in [0.1, 0.15) is 5.82 Å². The highest BCUT2D eigenvalue weighted by Gasteiger charge is 2.23. The topological polar surface area (TPSA) is 71.5 Å². The summed E-state index contributed by atoms with van der Waals surface area (Å²) in [5.74, 6) is -0.844. The Morgan fingerprint density at radius 2 is 1.67 bits per heavy atom. The maximum atomic E-state index is 12.8. The third kappa shape index (κ3) is 4.05. The monoisotopic (exact) mass is 349 g/mol. The summed E-state index contributed by atoms with van der Waals surface area (Å²) < 4.78 is 38.2. The van der Waals surface area contributed by atoms with Crippen LogP contribution in [0.15, 0.2) is 53.4 Å². The molecule has 0 unspecified atom stereocenters. The Labute approximate surface area is 139 Å². The van der Waals surface area contributed by atoms with E-state index in [0.717, 1.165) is 17.7 Å². The number of nitrogens with zero attached hydrogens (tertiary/aromatic N) is 1. The van der Waals surface area contributed by atoms with Crippen LogP contribution in [0, 0.1) is 12.7 Å². The van der Waals surface area contributed by atoms with Crippen molar-refractivity contribution in [1.29, 1.82) is 0 Å². The van der Waals surface area contributed by atoms with Gasteiger partial charge in [-0.2, -0.15) is 0 Å². The maximum Gasteiger partial charge on any atom is 0.266 e. The quantitative estimate of drug-likeness (QED) is 0.569. The first kappa shape index (κ1) is 17.8. The maximum absolute atomic E-state index is 12.8. The number of hydrogen-bond donors (Lipinski definition) is 0. The van der Waals surface area contributed by atoms with Crippen molar-refractivity contribution in [2.45, 2.75) is 18.2 Å². The van der Waals surface area contributed by atoms with Gasteiger partial charge in [0, 0.05) is 18.5 Å². The smallest absolute Gasteiger partial charge is 0.266 e. The molecular formula is C17H16FNO4S. The van der Waals surface area contributed by atoms with E-state index in [-0.39, 0.29) is 35.6 Å². The van der Waals surface area contributed by atoms with Gasteiger partial charge in [-0.15, -0.1) is 0 Å². The molecule has 7 heteroatoms. The first-order chi connectivity index (χ1) is 11.3. The summed E-state index contributed by atoms with van der Waals surface area (Å²) in [6.07, 6.45) is 0.00258. The average Bonchev–Trinajstić information content (AvgIpc) is 2.56. The number of rotatable bonds is 7. The van der Waals surface area contributed by atoms with E-state index in [1.54, 1.807) is 12.1 Å². The van der Waals surface area contributed by atoms with Gasteiger partial charge in [0.25, 0.3) is 10.0 Å². The largest absolute Gasteiger partial charge is 0.294 e. The second-order valence-electron chi connectivity index (χ2n) is 5.21. The summed E-state index contributed by atoms with van der Waals surface area (Å²) in [5.41, 5.74) is 1.15. The van der Waals surface area contributed by atoms with Gasteiger partial charge in [0.2, 0.25) is 6.41 Å². The van der Waals surface area contributed by atoms with Crippen LogP contribution in [0.5, 0.6) is 0 Å². The number of halogens is 1. The molecule has 0 aromatic heterocycles. The number of aryl methyl sites for hydroxylation is 1. The lowest BCUT2D eigenvalue weighted by molar-refractivity contribution is -0.114. The summed E-state index contributed by atoms with van der Waals surface area (Å²) in [6.45, 7) is 1.53. The molecule has 0 saturated carbocycles. The van der Waals surface area contributed by atoms with Crippen molar-refractivity contribution in [3.05, 3.63) is 65.5 Å². The highest BCUT2D eigenvalue weighted by molar-refractivity contribution is 7.89. The first-order valence-electron chi connectivity index (χ1n) is 7.17. The van der Waals surface area contributed by atoms with E-state index in [1.165, 1.54) is 24.3 Å². The van der Waals surface area contributed by atoms with Crippen LogP contribution < -0.4 is 0 Å². The minimum atomic E-state index is -4.00. The van der Waals surface area contributed by atoms with Crippen molar-refractivity contribution in [3.63, 3.8) is 0 Å². The van der Waals surface area contributed by atoms with Crippen LogP contribution in [-0.4, -0.2) is 31.5 Å². The van der Waals surface area contributed by atoms with Gasteiger partial charge in [-0.1, -0.05) is 17.7 Å². The Balaban J connectivity index is 2.11. The highest BCUT2D eigenvalue weighted by atomic mass is 32.2. The fraction of sp³-hybridized carbons (Fsp3) is 0.176. The molecule has 0 bridgehead atoms. The van der Waals surface area contributed by atoms with Gasteiger partial charge in [0.15, 0.2) is 5.78 Å². The molecule has 0 aliphatic heterocycles. The number of carbonyl (C=O) groups is 2. The predicted octanol–water partition coefficient (Wildman–Crippen LogP) is 2.55. The van der Waals surface area contributed by atoms with Crippen LogP contribution in [0.3, 0.4) is 0 Å². The molecular weight excluding hydrogens is 333 g/mol. The lowest BCUT2D eigenvalue weighted by Crippen LogP contribution is -2.31. The molecule has 2 rings (SSSR count). The lowest BCUT2D eigenvalue weighted by Gasteiger charge is -2.17. The third-order valence-electron chi connectivity index (χ3n) is 3.47. The molecule has 5 nitrogen and oxygen atoms in total. The number of benzene rings is 2. The van der Waals surface area contributed by atoms with Crippen molar-refractivity contribution in [2.75, 3.05) is 6.54 Å².